The quantitative estimate of drug-likeness (QED) is 0.169. The van der Waals surface area contributed by atoms with Crippen molar-refractivity contribution in [3.8, 4) is 0 Å². The second kappa shape index (κ2) is 13.0. The topological polar surface area (TPSA) is 0 Å². The maximum absolute atomic E-state index is 2.42. The molecule has 0 aliphatic rings. The Hall–Kier alpha value is -3.16. The Kier molecular flexibility index (Phi) is 9.84. The van der Waals surface area contributed by atoms with Crippen LogP contribution in [0.15, 0.2) is 54.6 Å². The predicted octanol–water partition coefficient (Wildman–Crippen LogP) is 12.3. The maximum atomic E-state index is 2.42. The molecule has 0 aliphatic carbocycles. The molecule has 1 heteroatoms. The molecule has 42 heavy (non-hydrogen) atoms. The zero-order chi connectivity index (χ0) is 30.8. The zero-order valence-corrected chi connectivity index (χ0v) is 28.4. The number of rotatable bonds is 10. The van der Waals surface area contributed by atoms with Gasteiger partial charge in [-0.3, -0.25) is 0 Å². The van der Waals surface area contributed by atoms with Crippen LogP contribution >= 0.6 is 0 Å². The van der Waals surface area contributed by atoms with Gasteiger partial charge in [-0.25, -0.2) is 0 Å². The van der Waals surface area contributed by atoms with E-state index in [1.54, 1.807) is 16.7 Å². The third-order valence-electron chi connectivity index (χ3n) is 10.0. The lowest BCUT2D eigenvalue weighted by atomic mass is 9.82. The van der Waals surface area contributed by atoms with Gasteiger partial charge in [-0.05, 0) is 108 Å². The fraction of sp³-hybridized carbons (Fsp3) is 0.415. The minimum Gasteiger partial charge on any atom is -0.193 e. The Morgan fingerprint density at radius 2 is 0.762 bits per heavy atom. The average Bonchev–Trinajstić information content (AvgIpc) is 2.96. The van der Waals surface area contributed by atoms with Gasteiger partial charge in [0.15, 0.2) is 22.7 Å². The fourth-order valence-electron chi connectivity index (χ4n) is 7.34. The van der Waals surface area contributed by atoms with E-state index in [0.29, 0.717) is 4.48 Å². The van der Waals surface area contributed by atoms with E-state index in [0.717, 1.165) is 32.1 Å². The van der Waals surface area contributed by atoms with E-state index in [2.05, 4.69) is 131 Å². The first kappa shape index (κ1) is 31.8. The maximum Gasteiger partial charge on any atom is 0.154 e. The molecule has 4 aromatic rings. The summed E-state index contributed by atoms with van der Waals surface area (Å²) in [5, 5.41) is 0. The highest BCUT2D eigenvalue weighted by molar-refractivity contribution is 5.90. The second-order valence-electron chi connectivity index (χ2n) is 12.6. The summed E-state index contributed by atoms with van der Waals surface area (Å²) in [6.45, 7) is 25.7. The van der Waals surface area contributed by atoms with Gasteiger partial charge in [0.05, 0.1) is 0 Å². The molecule has 0 aromatic heterocycles. The molecular formula is C41H54N+. The zero-order valence-electron chi connectivity index (χ0n) is 28.4. The molecule has 0 unspecified atom stereocenters. The Morgan fingerprint density at radius 3 is 1.14 bits per heavy atom. The van der Waals surface area contributed by atoms with Crippen molar-refractivity contribution in [2.45, 2.75) is 115 Å². The minimum atomic E-state index is 0.625. The summed E-state index contributed by atoms with van der Waals surface area (Å²) in [7, 11) is 0. The first-order valence-corrected chi connectivity index (χ1v) is 16.3. The Balaban J connectivity index is 2.46. The van der Waals surface area contributed by atoms with Crippen molar-refractivity contribution in [2.24, 2.45) is 0 Å². The molecule has 0 fully saturated rings. The lowest BCUT2D eigenvalue weighted by Gasteiger charge is -2.43. The largest absolute Gasteiger partial charge is 0.193 e. The standard InChI is InChI=1S/C41H54N/c1-12-18-35-33(10)34(11)41(37(20-14-3)36(35)19-13-2)42(38-24-15-21-27(4)30(38)7,39-25-16-22-28(5)31(39)8)40-26-17-23-29(6)32(40)9/h15-17,21-26H,12-14,18-20H2,1-11H3/q+1. The van der Waals surface area contributed by atoms with Crippen molar-refractivity contribution in [3.63, 3.8) is 0 Å². The Labute approximate surface area is 257 Å². The number of nitrogens with zero attached hydrogens (tertiary/aromatic N) is 1. The van der Waals surface area contributed by atoms with Crippen molar-refractivity contribution in [3.05, 3.63) is 116 Å². The van der Waals surface area contributed by atoms with E-state index in [-0.39, 0.29) is 0 Å². The first-order chi connectivity index (χ1) is 20.1. The van der Waals surface area contributed by atoms with Gasteiger partial charge < -0.3 is 0 Å². The molecule has 4 aromatic carbocycles. The van der Waals surface area contributed by atoms with Crippen LogP contribution in [0, 0.1) is 55.4 Å². The van der Waals surface area contributed by atoms with Crippen LogP contribution in [0.5, 0.6) is 0 Å². The van der Waals surface area contributed by atoms with Crippen LogP contribution in [-0.2, 0) is 19.3 Å². The average molecular weight is 561 g/mol. The van der Waals surface area contributed by atoms with Crippen LogP contribution in [0.2, 0.25) is 0 Å². The Morgan fingerprint density at radius 1 is 0.405 bits per heavy atom. The lowest BCUT2D eigenvalue weighted by Crippen LogP contribution is -2.38. The van der Waals surface area contributed by atoms with E-state index in [1.165, 1.54) is 73.7 Å². The minimum absolute atomic E-state index is 0.625. The van der Waals surface area contributed by atoms with Crippen molar-refractivity contribution in [1.29, 1.82) is 0 Å². The number of hydrogen-bond acceptors (Lipinski definition) is 0. The van der Waals surface area contributed by atoms with E-state index in [9.17, 15) is 0 Å². The van der Waals surface area contributed by atoms with Gasteiger partial charge in [-0.15, -0.1) is 0 Å². The van der Waals surface area contributed by atoms with Gasteiger partial charge in [-0.2, -0.15) is 4.48 Å². The van der Waals surface area contributed by atoms with Crippen LogP contribution < -0.4 is 4.48 Å². The van der Waals surface area contributed by atoms with Crippen molar-refractivity contribution in [1.82, 2.24) is 4.48 Å². The monoisotopic (exact) mass is 560 g/mol. The molecule has 1 nitrogen and oxygen atoms in total. The fourth-order valence-corrected chi connectivity index (χ4v) is 7.34. The van der Waals surface area contributed by atoms with Crippen molar-refractivity contribution < 1.29 is 0 Å². The summed E-state index contributed by atoms with van der Waals surface area (Å²) < 4.78 is 0.625. The van der Waals surface area contributed by atoms with Gasteiger partial charge in [-0.1, -0.05) is 76.4 Å². The molecule has 0 saturated carbocycles. The number of benzene rings is 4. The summed E-state index contributed by atoms with van der Waals surface area (Å²) in [4.78, 5) is 0. The van der Waals surface area contributed by atoms with E-state index >= 15 is 0 Å². The molecule has 4 rings (SSSR count). The normalized spacial score (nSPS) is 11.8. The van der Waals surface area contributed by atoms with Gasteiger partial charge in [0.25, 0.3) is 0 Å². The van der Waals surface area contributed by atoms with E-state index in [4.69, 9.17) is 0 Å². The summed E-state index contributed by atoms with van der Waals surface area (Å²) in [5.41, 5.74) is 21.4. The van der Waals surface area contributed by atoms with Crippen LogP contribution in [-0.4, -0.2) is 0 Å². The summed E-state index contributed by atoms with van der Waals surface area (Å²) in [6, 6.07) is 20.9. The third-order valence-corrected chi connectivity index (χ3v) is 10.0. The van der Waals surface area contributed by atoms with E-state index in [1.807, 2.05) is 0 Å². The summed E-state index contributed by atoms with van der Waals surface area (Å²) >= 11 is 0. The van der Waals surface area contributed by atoms with Gasteiger partial charge in [0.2, 0.25) is 0 Å². The lowest BCUT2D eigenvalue weighted by molar-refractivity contribution is 0.664. The highest BCUT2D eigenvalue weighted by Gasteiger charge is 2.46. The Bertz CT molecular complexity index is 1460. The highest BCUT2D eigenvalue weighted by Crippen LogP contribution is 2.58. The summed E-state index contributed by atoms with van der Waals surface area (Å²) in [6.07, 6.45) is 6.83. The van der Waals surface area contributed by atoms with Crippen LogP contribution in [0.3, 0.4) is 0 Å². The molecule has 0 atom stereocenters. The summed E-state index contributed by atoms with van der Waals surface area (Å²) in [5.74, 6) is 0. The molecule has 0 radical (unpaired) electrons. The molecule has 0 aliphatic heterocycles. The van der Waals surface area contributed by atoms with Gasteiger partial charge in [0, 0.05) is 46.0 Å². The number of quaternary nitrogens is 1. The van der Waals surface area contributed by atoms with E-state index < -0.39 is 0 Å². The van der Waals surface area contributed by atoms with Crippen LogP contribution in [0.1, 0.15) is 101 Å². The van der Waals surface area contributed by atoms with Crippen LogP contribution in [0.4, 0.5) is 22.7 Å². The molecule has 0 spiro atoms. The van der Waals surface area contributed by atoms with Crippen molar-refractivity contribution in [2.75, 3.05) is 0 Å². The molecular weight excluding hydrogens is 506 g/mol. The number of aryl methyl sites for hydroxylation is 3. The number of hydrogen-bond donors (Lipinski definition) is 0. The van der Waals surface area contributed by atoms with Crippen LogP contribution in [0.25, 0.3) is 0 Å². The molecule has 0 heterocycles. The highest BCUT2D eigenvalue weighted by atomic mass is 15.4. The van der Waals surface area contributed by atoms with Gasteiger partial charge >= 0.3 is 0 Å². The first-order valence-electron chi connectivity index (χ1n) is 16.3. The molecule has 0 bridgehead atoms. The SMILES string of the molecule is CCCc1c(C)c(C)c([N+](c2cccc(C)c2C)(c2cccc(C)c2C)c2cccc(C)c2C)c(CCC)c1CCC. The second-order valence-corrected chi connectivity index (χ2v) is 12.6. The smallest absolute Gasteiger partial charge is 0.154 e. The third kappa shape index (κ3) is 5.15. The molecule has 0 amide bonds. The van der Waals surface area contributed by atoms with Gasteiger partial charge in [0.1, 0.15) is 0 Å². The molecule has 222 valence electrons. The molecule has 0 N–H and O–H groups in total. The van der Waals surface area contributed by atoms with Crippen molar-refractivity contribution >= 4 is 22.7 Å². The predicted molar refractivity (Wildman–Crippen MR) is 186 cm³/mol. The molecule has 0 saturated heterocycles.